The van der Waals surface area contributed by atoms with Gasteiger partial charge in [-0.2, -0.15) is 0 Å². The Kier molecular flexibility index (Phi) is 7.90. The Morgan fingerprint density at radius 2 is 1.67 bits per heavy atom. The van der Waals surface area contributed by atoms with Crippen molar-refractivity contribution in [2.75, 3.05) is 6.61 Å². The summed E-state index contributed by atoms with van der Waals surface area (Å²) in [5.41, 5.74) is 3.09. The van der Waals surface area contributed by atoms with Crippen molar-refractivity contribution in [1.29, 1.82) is 0 Å². The lowest BCUT2D eigenvalue weighted by molar-refractivity contribution is 0.340. The molecular formula is C22H27NO. The highest BCUT2D eigenvalue weighted by atomic mass is 16.5. The van der Waals surface area contributed by atoms with E-state index in [1.54, 1.807) is 0 Å². The molecule has 0 radical (unpaired) electrons. The second kappa shape index (κ2) is 10.5. The van der Waals surface area contributed by atoms with Crippen LogP contribution < -0.4 is 4.74 Å². The molecule has 1 aromatic carbocycles. The molecule has 0 bridgehead atoms. The average Bonchev–Trinajstić information content (AvgIpc) is 2.62. The van der Waals surface area contributed by atoms with Crippen LogP contribution in [0.1, 0.15) is 62.8 Å². The van der Waals surface area contributed by atoms with Gasteiger partial charge in [-0.05, 0) is 61.6 Å². The van der Waals surface area contributed by atoms with E-state index in [1.165, 1.54) is 37.7 Å². The summed E-state index contributed by atoms with van der Waals surface area (Å²) in [4.78, 5) is 4.46. The first-order chi connectivity index (χ1) is 11.8. The fourth-order valence-electron chi connectivity index (χ4n) is 2.52. The molecule has 2 aromatic rings. The number of hydrogen-bond acceptors (Lipinski definition) is 2. The molecule has 0 atom stereocenters. The Morgan fingerprint density at radius 1 is 0.875 bits per heavy atom. The lowest BCUT2D eigenvalue weighted by Crippen LogP contribution is -1.91. The molecule has 0 unspecified atom stereocenters. The number of hydrogen-bond donors (Lipinski definition) is 0. The van der Waals surface area contributed by atoms with Gasteiger partial charge in [-0.1, -0.05) is 44.6 Å². The van der Waals surface area contributed by atoms with Crippen LogP contribution in [0.25, 0.3) is 0 Å². The first kappa shape index (κ1) is 18.1. The molecule has 1 heterocycles. The molecule has 0 aliphatic heterocycles. The second-order valence-corrected chi connectivity index (χ2v) is 5.92. The van der Waals surface area contributed by atoms with Gasteiger partial charge in [0.2, 0.25) is 0 Å². The number of aryl methyl sites for hydroxylation is 1. The van der Waals surface area contributed by atoms with Crippen LogP contribution in [0, 0.1) is 11.8 Å². The average molecular weight is 321 g/mol. The zero-order valence-corrected chi connectivity index (χ0v) is 14.8. The van der Waals surface area contributed by atoms with Gasteiger partial charge in [-0.3, -0.25) is 0 Å². The molecule has 2 rings (SSSR count). The number of rotatable bonds is 8. The molecule has 2 heteroatoms. The van der Waals surface area contributed by atoms with Crippen LogP contribution in [0.4, 0.5) is 0 Å². The summed E-state index contributed by atoms with van der Waals surface area (Å²) >= 11 is 0. The van der Waals surface area contributed by atoms with Crippen LogP contribution in [0.2, 0.25) is 0 Å². The van der Waals surface area contributed by atoms with Crippen LogP contribution >= 0.6 is 0 Å². The summed E-state index contributed by atoms with van der Waals surface area (Å²) in [5, 5.41) is 0. The van der Waals surface area contributed by atoms with E-state index in [0.29, 0.717) is 6.61 Å². The van der Waals surface area contributed by atoms with Crippen molar-refractivity contribution in [3.05, 3.63) is 59.4 Å². The molecule has 1 aromatic heterocycles. The SMILES string of the molecule is CCCCCCCc1ccc(C#Cc2ccc(OCC)cc2)nc1. The van der Waals surface area contributed by atoms with E-state index < -0.39 is 0 Å². The normalized spacial score (nSPS) is 10.1. The maximum absolute atomic E-state index is 5.43. The van der Waals surface area contributed by atoms with Gasteiger partial charge < -0.3 is 4.74 Å². The highest BCUT2D eigenvalue weighted by Gasteiger charge is 1.96. The maximum Gasteiger partial charge on any atom is 0.119 e. The van der Waals surface area contributed by atoms with E-state index in [0.717, 1.165) is 23.4 Å². The molecule has 2 nitrogen and oxygen atoms in total. The van der Waals surface area contributed by atoms with Gasteiger partial charge in [0.25, 0.3) is 0 Å². The number of nitrogens with zero attached hydrogens (tertiary/aromatic N) is 1. The number of ether oxygens (including phenoxy) is 1. The van der Waals surface area contributed by atoms with E-state index in [2.05, 4.69) is 29.8 Å². The highest BCUT2D eigenvalue weighted by Crippen LogP contribution is 2.12. The van der Waals surface area contributed by atoms with Crippen molar-refractivity contribution in [3.63, 3.8) is 0 Å². The smallest absolute Gasteiger partial charge is 0.119 e. The molecular weight excluding hydrogens is 294 g/mol. The molecule has 0 N–H and O–H groups in total. The third kappa shape index (κ3) is 6.46. The van der Waals surface area contributed by atoms with E-state index in [-0.39, 0.29) is 0 Å². The third-order valence-corrected chi connectivity index (χ3v) is 3.89. The summed E-state index contributed by atoms with van der Waals surface area (Å²) < 4.78 is 5.43. The molecule has 0 aliphatic rings. The van der Waals surface area contributed by atoms with Crippen LogP contribution in [0.5, 0.6) is 5.75 Å². The monoisotopic (exact) mass is 321 g/mol. The molecule has 0 saturated heterocycles. The lowest BCUT2D eigenvalue weighted by atomic mass is 10.1. The minimum absolute atomic E-state index is 0.680. The zero-order chi connectivity index (χ0) is 17.0. The second-order valence-electron chi connectivity index (χ2n) is 5.92. The molecule has 0 saturated carbocycles. The summed E-state index contributed by atoms with van der Waals surface area (Å²) in [6, 6.07) is 12.0. The van der Waals surface area contributed by atoms with Gasteiger partial charge in [0, 0.05) is 11.8 Å². The summed E-state index contributed by atoms with van der Waals surface area (Å²) in [7, 11) is 0. The van der Waals surface area contributed by atoms with Crippen molar-refractivity contribution in [1.82, 2.24) is 4.98 Å². The fraction of sp³-hybridized carbons (Fsp3) is 0.409. The van der Waals surface area contributed by atoms with Gasteiger partial charge in [0.05, 0.1) is 6.61 Å². The fourth-order valence-corrected chi connectivity index (χ4v) is 2.52. The molecule has 0 fully saturated rings. The lowest BCUT2D eigenvalue weighted by Gasteiger charge is -2.02. The van der Waals surface area contributed by atoms with Gasteiger partial charge in [-0.15, -0.1) is 0 Å². The first-order valence-electron chi connectivity index (χ1n) is 9.01. The third-order valence-electron chi connectivity index (χ3n) is 3.89. The van der Waals surface area contributed by atoms with Crippen LogP contribution in [0.15, 0.2) is 42.6 Å². The maximum atomic E-state index is 5.43. The Hall–Kier alpha value is -2.27. The van der Waals surface area contributed by atoms with Crippen molar-refractivity contribution < 1.29 is 4.74 Å². The van der Waals surface area contributed by atoms with Crippen LogP contribution in [-0.2, 0) is 6.42 Å². The predicted molar refractivity (Wildman–Crippen MR) is 100 cm³/mol. The molecule has 24 heavy (non-hydrogen) atoms. The zero-order valence-electron chi connectivity index (χ0n) is 14.8. The Balaban J connectivity index is 1.85. The number of aromatic nitrogens is 1. The summed E-state index contributed by atoms with van der Waals surface area (Å²) in [6.07, 6.45) is 9.62. The van der Waals surface area contributed by atoms with E-state index in [4.69, 9.17) is 4.74 Å². The Bertz CT molecular complexity index is 647. The van der Waals surface area contributed by atoms with E-state index >= 15 is 0 Å². The number of unbranched alkanes of at least 4 members (excludes halogenated alkanes) is 4. The van der Waals surface area contributed by atoms with Crippen molar-refractivity contribution in [2.45, 2.75) is 52.4 Å². The first-order valence-corrected chi connectivity index (χ1v) is 9.01. The van der Waals surface area contributed by atoms with Crippen molar-refractivity contribution >= 4 is 0 Å². The molecule has 0 aliphatic carbocycles. The quantitative estimate of drug-likeness (QED) is 0.480. The topological polar surface area (TPSA) is 22.1 Å². The van der Waals surface area contributed by atoms with Gasteiger partial charge in [-0.25, -0.2) is 4.98 Å². The molecule has 0 amide bonds. The van der Waals surface area contributed by atoms with Crippen LogP contribution in [0.3, 0.4) is 0 Å². The van der Waals surface area contributed by atoms with E-state index in [9.17, 15) is 0 Å². The molecule has 126 valence electrons. The minimum Gasteiger partial charge on any atom is -0.494 e. The van der Waals surface area contributed by atoms with Crippen molar-refractivity contribution in [2.24, 2.45) is 0 Å². The number of pyridine rings is 1. The standard InChI is InChI=1S/C22H27NO/c1-3-5-6-7-8-9-20-11-15-21(23-18-20)14-10-19-12-16-22(17-13-19)24-4-2/h11-13,15-18H,3-9H2,1-2H3. The van der Waals surface area contributed by atoms with Crippen molar-refractivity contribution in [3.8, 4) is 17.6 Å². The van der Waals surface area contributed by atoms with E-state index in [1.807, 2.05) is 43.5 Å². The Labute approximate surface area is 146 Å². The predicted octanol–water partition coefficient (Wildman–Crippen LogP) is 5.39. The number of benzene rings is 1. The largest absolute Gasteiger partial charge is 0.494 e. The minimum atomic E-state index is 0.680. The summed E-state index contributed by atoms with van der Waals surface area (Å²) in [6.45, 7) is 4.91. The van der Waals surface area contributed by atoms with Crippen LogP contribution in [-0.4, -0.2) is 11.6 Å². The summed E-state index contributed by atoms with van der Waals surface area (Å²) in [5.74, 6) is 7.15. The highest BCUT2D eigenvalue weighted by molar-refractivity contribution is 5.42. The Morgan fingerprint density at radius 3 is 2.33 bits per heavy atom. The molecule has 0 spiro atoms. The van der Waals surface area contributed by atoms with Gasteiger partial charge >= 0.3 is 0 Å². The van der Waals surface area contributed by atoms with Gasteiger partial charge in [0.15, 0.2) is 0 Å². The van der Waals surface area contributed by atoms with Gasteiger partial charge in [0.1, 0.15) is 11.4 Å².